The van der Waals surface area contributed by atoms with Gasteiger partial charge >= 0.3 is 0 Å². The Bertz CT molecular complexity index is 751. The van der Waals surface area contributed by atoms with E-state index >= 15 is 0 Å². The van der Waals surface area contributed by atoms with Gasteiger partial charge in [-0.25, -0.2) is 13.1 Å². The van der Waals surface area contributed by atoms with Gasteiger partial charge in [-0.05, 0) is 29.8 Å². The van der Waals surface area contributed by atoms with E-state index in [0.29, 0.717) is 5.02 Å². The lowest BCUT2D eigenvalue weighted by Crippen LogP contribution is -2.36. The molecule has 0 unspecified atom stereocenters. The van der Waals surface area contributed by atoms with E-state index < -0.39 is 15.9 Å². The van der Waals surface area contributed by atoms with Gasteiger partial charge in [0.15, 0.2) is 0 Å². The third-order valence-corrected chi connectivity index (χ3v) is 4.38. The molecule has 0 bridgehead atoms. The van der Waals surface area contributed by atoms with Gasteiger partial charge < -0.3 is 5.32 Å². The van der Waals surface area contributed by atoms with Crippen molar-refractivity contribution in [1.29, 1.82) is 0 Å². The molecule has 0 saturated heterocycles. The Morgan fingerprint density at radius 1 is 1.23 bits per heavy atom. The quantitative estimate of drug-likeness (QED) is 0.831. The molecule has 1 amide bonds. The summed E-state index contributed by atoms with van der Waals surface area (Å²) in [6, 6.07) is 9.38. The maximum absolute atomic E-state index is 12.0. The van der Waals surface area contributed by atoms with E-state index in [1.807, 2.05) is 6.07 Å². The Kier molecular flexibility index (Phi) is 5.48. The van der Waals surface area contributed by atoms with Gasteiger partial charge in [-0.1, -0.05) is 23.7 Å². The minimum absolute atomic E-state index is 0.0139. The highest BCUT2D eigenvalue weighted by atomic mass is 35.5. The highest BCUT2D eigenvalue weighted by Crippen LogP contribution is 2.14. The summed E-state index contributed by atoms with van der Waals surface area (Å²) in [5.41, 5.74) is 0.827. The van der Waals surface area contributed by atoms with Crippen molar-refractivity contribution in [2.75, 3.05) is 6.54 Å². The zero-order chi connectivity index (χ0) is 16.0. The number of rotatable bonds is 6. The average Bonchev–Trinajstić information content (AvgIpc) is 2.52. The third-order valence-electron chi connectivity index (χ3n) is 2.74. The number of sulfonamides is 1. The monoisotopic (exact) mass is 339 g/mol. The lowest BCUT2D eigenvalue weighted by atomic mass is 10.3. The van der Waals surface area contributed by atoms with Crippen LogP contribution in [0.2, 0.25) is 5.02 Å². The van der Waals surface area contributed by atoms with Gasteiger partial charge in [0.2, 0.25) is 15.9 Å². The summed E-state index contributed by atoms with van der Waals surface area (Å²) in [7, 11) is -3.77. The van der Waals surface area contributed by atoms with E-state index in [9.17, 15) is 13.2 Å². The van der Waals surface area contributed by atoms with E-state index in [1.54, 1.807) is 24.5 Å². The topological polar surface area (TPSA) is 88.2 Å². The number of amides is 1. The number of aromatic nitrogens is 1. The van der Waals surface area contributed by atoms with Crippen LogP contribution in [0.1, 0.15) is 5.56 Å². The second-order valence-electron chi connectivity index (χ2n) is 4.42. The van der Waals surface area contributed by atoms with E-state index in [1.165, 1.54) is 18.2 Å². The predicted octanol–water partition coefficient (Wildman–Crippen LogP) is 1.33. The Morgan fingerprint density at radius 2 is 2.05 bits per heavy atom. The molecule has 22 heavy (non-hydrogen) atoms. The largest absolute Gasteiger partial charge is 0.351 e. The van der Waals surface area contributed by atoms with Crippen molar-refractivity contribution in [2.24, 2.45) is 0 Å². The molecule has 2 rings (SSSR count). The second kappa shape index (κ2) is 7.35. The predicted molar refractivity (Wildman–Crippen MR) is 82.7 cm³/mol. The van der Waals surface area contributed by atoms with Crippen LogP contribution in [0.25, 0.3) is 0 Å². The molecular weight excluding hydrogens is 326 g/mol. The summed E-state index contributed by atoms with van der Waals surface area (Å²) in [6.45, 7) is -0.0688. The third kappa shape index (κ3) is 4.80. The first kappa shape index (κ1) is 16.4. The van der Waals surface area contributed by atoms with Crippen LogP contribution in [0.4, 0.5) is 0 Å². The fourth-order valence-electron chi connectivity index (χ4n) is 1.64. The van der Waals surface area contributed by atoms with Crippen molar-refractivity contribution in [1.82, 2.24) is 15.0 Å². The number of hydrogen-bond acceptors (Lipinski definition) is 4. The molecule has 0 fully saturated rings. The molecule has 6 nitrogen and oxygen atoms in total. The van der Waals surface area contributed by atoms with Gasteiger partial charge in [0.1, 0.15) is 0 Å². The number of nitrogens with one attached hydrogen (secondary N) is 2. The Balaban J connectivity index is 1.88. The Hall–Kier alpha value is -1.96. The molecule has 1 heterocycles. The van der Waals surface area contributed by atoms with Crippen LogP contribution >= 0.6 is 11.6 Å². The lowest BCUT2D eigenvalue weighted by molar-refractivity contribution is -0.120. The van der Waals surface area contributed by atoms with E-state index in [0.717, 1.165) is 5.56 Å². The SMILES string of the molecule is O=C(CNS(=O)(=O)c1cccc(Cl)c1)NCc1cccnc1. The summed E-state index contributed by atoms with van der Waals surface area (Å²) in [4.78, 5) is 15.6. The van der Waals surface area contributed by atoms with Crippen LogP contribution in [-0.4, -0.2) is 25.9 Å². The van der Waals surface area contributed by atoms with Gasteiger partial charge in [-0.3, -0.25) is 9.78 Å². The molecule has 1 aromatic carbocycles. The van der Waals surface area contributed by atoms with Gasteiger partial charge in [0.05, 0.1) is 11.4 Å². The Morgan fingerprint density at radius 3 is 2.73 bits per heavy atom. The van der Waals surface area contributed by atoms with Crippen LogP contribution in [-0.2, 0) is 21.4 Å². The average molecular weight is 340 g/mol. The summed E-state index contributed by atoms with van der Waals surface area (Å²) >= 11 is 5.75. The molecule has 0 saturated carbocycles. The van der Waals surface area contributed by atoms with Crippen molar-refractivity contribution in [3.63, 3.8) is 0 Å². The highest BCUT2D eigenvalue weighted by Gasteiger charge is 2.15. The lowest BCUT2D eigenvalue weighted by Gasteiger charge is -2.08. The smallest absolute Gasteiger partial charge is 0.241 e. The first-order valence-electron chi connectivity index (χ1n) is 6.38. The van der Waals surface area contributed by atoms with Gasteiger partial charge in [0.25, 0.3) is 0 Å². The van der Waals surface area contributed by atoms with E-state index in [-0.39, 0.29) is 18.0 Å². The van der Waals surface area contributed by atoms with E-state index in [4.69, 9.17) is 11.6 Å². The highest BCUT2D eigenvalue weighted by molar-refractivity contribution is 7.89. The molecule has 8 heteroatoms. The molecule has 0 aliphatic heterocycles. The number of carbonyl (C=O) groups excluding carboxylic acids is 1. The van der Waals surface area contributed by atoms with Crippen LogP contribution in [0, 0.1) is 0 Å². The normalized spacial score (nSPS) is 11.1. The van der Waals surface area contributed by atoms with Crippen LogP contribution in [0.15, 0.2) is 53.7 Å². The van der Waals surface area contributed by atoms with Crippen molar-refractivity contribution in [3.8, 4) is 0 Å². The number of benzene rings is 1. The van der Waals surface area contributed by atoms with Crippen LogP contribution in [0.3, 0.4) is 0 Å². The molecular formula is C14H14ClN3O3S. The van der Waals surface area contributed by atoms with E-state index in [2.05, 4.69) is 15.0 Å². The molecule has 0 aliphatic rings. The van der Waals surface area contributed by atoms with Gasteiger partial charge in [-0.2, -0.15) is 0 Å². The molecule has 0 aliphatic carbocycles. The molecule has 116 valence electrons. The van der Waals surface area contributed by atoms with Crippen molar-refractivity contribution < 1.29 is 13.2 Å². The molecule has 0 atom stereocenters. The minimum Gasteiger partial charge on any atom is -0.351 e. The zero-order valence-electron chi connectivity index (χ0n) is 11.5. The number of pyridine rings is 1. The molecule has 0 spiro atoms. The van der Waals surface area contributed by atoms with Crippen molar-refractivity contribution in [3.05, 3.63) is 59.4 Å². The van der Waals surface area contributed by atoms with Crippen LogP contribution in [0.5, 0.6) is 0 Å². The summed E-state index contributed by atoms with van der Waals surface area (Å²) in [5.74, 6) is -0.436. The van der Waals surface area contributed by atoms with Crippen molar-refractivity contribution in [2.45, 2.75) is 11.4 Å². The maximum atomic E-state index is 12.0. The molecule has 2 N–H and O–H groups in total. The summed E-state index contributed by atoms with van der Waals surface area (Å²) in [6.07, 6.45) is 3.25. The maximum Gasteiger partial charge on any atom is 0.241 e. The first-order valence-corrected chi connectivity index (χ1v) is 8.24. The van der Waals surface area contributed by atoms with Gasteiger partial charge in [-0.15, -0.1) is 0 Å². The fourth-order valence-corrected chi connectivity index (χ4v) is 2.93. The Labute approximate surface area is 133 Å². The molecule has 0 radical (unpaired) electrons. The summed E-state index contributed by atoms with van der Waals surface area (Å²) in [5, 5.41) is 2.91. The standard InChI is InChI=1S/C14H14ClN3O3S/c15-12-4-1-5-13(7-12)22(20,21)18-10-14(19)17-9-11-3-2-6-16-8-11/h1-8,18H,9-10H2,(H,17,19). The van der Waals surface area contributed by atoms with Crippen LogP contribution < -0.4 is 10.0 Å². The second-order valence-corrected chi connectivity index (χ2v) is 6.62. The number of hydrogen-bond donors (Lipinski definition) is 2. The fraction of sp³-hybridized carbons (Fsp3) is 0.143. The number of nitrogens with zero attached hydrogens (tertiary/aromatic N) is 1. The van der Waals surface area contributed by atoms with Gasteiger partial charge in [0, 0.05) is 24.0 Å². The number of carbonyl (C=O) groups is 1. The van der Waals surface area contributed by atoms with Crippen molar-refractivity contribution >= 4 is 27.5 Å². The summed E-state index contributed by atoms with van der Waals surface area (Å²) < 4.78 is 26.2. The number of halogens is 1. The zero-order valence-corrected chi connectivity index (χ0v) is 13.1. The molecule has 1 aromatic heterocycles. The minimum atomic E-state index is -3.77. The molecule has 2 aromatic rings. The first-order chi connectivity index (χ1) is 10.5.